The lowest BCUT2D eigenvalue weighted by atomic mass is 10.0. The van der Waals surface area contributed by atoms with Gasteiger partial charge in [0.05, 0.1) is 13.2 Å². The molecule has 0 fully saturated rings. The maximum absolute atomic E-state index is 12.7. The van der Waals surface area contributed by atoms with Gasteiger partial charge < -0.3 is 20.1 Å². The third-order valence-electron chi connectivity index (χ3n) is 13.2. The van der Waals surface area contributed by atoms with Crippen molar-refractivity contribution in [3.63, 3.8) is 0 Å². The van der Waals surface area contributed by atoms with Gasteiger partial charge in [0.2, 0.25) is 0 Å². The van der Waals surface area contributed by atoms with E-state index in [-0.39, 0.29) is 38.6 Å². The van der Waals surface area contributed by atoms with Crippen LogP contribution in [0, 0.1) is 0 Å². The molecule has 0 bridgehead atoms. The van der Waals surface area contributed by atoms with Gasteiger partial charge in [-0.05, 0) is 38.5 Å². The second-order valence-corrected chi connectivity index (χ2v) is 21.3. The lowest BCUT2D eigenvalue weighted by molar-refractivity contribution is -0.161. The fraction of sp³-hybridized carbons (Fsp3) is 0.930. The molecule has 0 rings (SSSR count). The zero-order valence-electron chi connectivity index (χ0n) is 44.4. The predicted molar refractivity (Wildman–Crippen MR) is 284 cm³/mol. The average Bonchev–Trinajstić information content (AvgIpc) is 3.32. The normalized spacial score (nSPS) is 13.1. The van der Waals surface area contributed by atoms with E-state index < -0.39 is 26.5 Å². The molecule has 0 spiro atoms. The van der Waals surface area contributed by atoms with E-state index >= 15 is 0 Å². The van der Waals surface area contributed by atoms with Crippen LogP contribution in [0.4, 0.5) is 0 Å². The van der Waals surface area contributed by atoms with Gasteiger partial charge in [-0.15, -0.1) is 0 Å². The van der Waals surface area contributed by atoms with E-state index in [0.717, 1.165) is 32.1 Å². The third kappa shape index (κ3) is 53.9. The highest BCUT2D eigenvalue weighted by Gasteiger charge is 2.26. The van der Waals surface area contributed by atoms with Gasteiger partial charge in [-0.25, -0.2) is 4.57 Å². The minimum atomic E-state index is -4.37. The largest absolute Gasteiger partial charge is 0.472 e. The van der Waals surface area contributed by atoms with E-state index in [2.05, 4.69) is 26.0 Å². The van der Waals surface area contributed by atoms with Crippen molar-refractivity contribution >= 4 is 19.8 Å². The molecule has 0 saturated heterocycles. The van der Waals surface area contributed by atoms with E-state index in [4.69, 9.17) is 24.3 Å². The number of rotatable bonds is 56. The molecule has 0 saturated carbocycles. The van der Waals surface area contributed by atoms with Crippen LogP contribution in [-0.2, 0) is 32.7 Å². The Labute approximate surface area is 415 Å². The molecule has 0 aliphatic rings. The van der Waals surface area contributed by atoms with Crippen LogP contribution in [0.15, 0.2) is 12.2 Å². The fourth-order valence-electron chi connectivity index (χ4n) is 8.81. The maximum Gasteiger partial charge on any atom is 0.472 e. The Kier molecular flexibility index (Phi) is 53.1. The third-order valence-corrected chi connectivity index (χ3v) is 14.1. The van der Waals surface area contributed by atoms with Crippen LogP contribution in [-0.4, -0.2) is 49.3 Å². The highest BCUT2D eigenvalue weighted by Crippen LogP contribution is 2.43. The van der Waals surface area contributed by atoms with Crippen LogP contribution < -0.4 is 5.73 Å². The Morgan fingerprint density at radius 1 is 0.433 bits per heavy atom. The lowest BCUT2D eigenvalue weighted by Gasteiger charge is -2.19. The molecule has 2 atom stereocenters. The first-order valence-corrected chi connectivity index (χ1v) is 30.7. The Balaban J connectivity index is 3.74. The van der Waals surface area contributed by atoms with E-state index in [0.29, 0.717) is 6.42 Å². The molecule has 3 N–H and O–H groups in total. The topological polar surface area (TPSA) is 134 Å². The van der Waals surface area contributed by atoms with E-state index in [1.807, 2.05) is 0 Å². The number of hydrogen-bond acceptors (Lipinski definition) is 8. The van der Waals surface area contributed by atoms with Crippen LogP contribution in [0.25, 0.3) is 0 Å². The number of phosphoric acid groups is 1. The van der Waals surface area contributed by atoms with Crippen molar-refractivity contribution in [2.45, 2.75) is 315 Å². The first kappa shape index (κ1) is 65.8. The molecule has 0 amide bonds. The number of hydrogen-bond donors (Lipinski definition) is 2. The van der Waals surface area contributed by atoms with Crippen molar-refractivity contribution in [2.75, 3.05) is 26.4 Å². The van der Waals surface area contributed by atoms with Crippen LogP contribution >= 0.6 is 7.82 Å². The zero-order valence-corrected chi connectivity index (χ0v) is 45.3. The molecule has 0 aromatic rings. The summed E-state index contributed by atoms with van der Waals surface area (Å²) < 4.78 is 32.9. The standard InChI is InChI=1S/C57H112NO8P/c1-3-5-7-9-11-13-15-16-17-18-19-20-21-22-23-24-25-26-27-28-29-30-31-32-33-34-35-36-37-38-40-42-44-46-48-50-57(60)66-55(54-65-67(61,62)64-52-51-58)53-63-56(59)49-47-45-43-41-39-14-12-10-8-6-4-2/h18-19,55H,3-17,20-54,58H2,1-2H3,(H,61,62)/b19-18-. The Morgan fingerprint density at radius 3 is 1.06 bits per heavy atom. The van der Waals surface area contributed by atoms with Gasteiger partial charge in [-0.3, -0.25) is 18.6 Å². The van der Waals surface area contributed by atoms with Crippen molar-refractivity contribution in [1.29, 1.82) is 0 Å². The van der Waals surface area contributed by atoms with Gasteiger partial charge >= 0.3 is 19.8 Å². The Bertz CT molecular complexity index is 1110. The summed E-state index contributed by atoms with van der Waals surface area (Å²) in [6.07, 6.45) is 61.6. The molecule has 10 heteroatoms. The van der Waals surface area contributed by atoms with Crippen LogP contribution in [0.5, 0.6) is 0 Å². The van der Waals surface area contributed by atoms with E-state index in [1.54, 1.807) is 0 Å². The van der Waals surface area contributed by atoms with Gasteiger partial charge in [-0.2, -0.15) is 0 Å². The van der Waals surface area contributed by atoms with Gasteiger partial charge in [0.15, 0.2) is 6.10 Å². The van der Waals surface area contributed by atoms with Crippen molar-refractivity contribution in [3.05, 3.63) is 12.2 Å². The monoisotopic (exact) mass is 970 g/mol. The number of carbonyl (C=O) groups is 2. The molecule has 0 aliphatic heterocycles. The molecule has 2 unspecified atom stereocenters. The summed E-state index contributed by atoms with van der Waals surface area (Å²) in [7, 11) is -4.37. The van der Waals surface area contributed by atoms with Gasteiger partial charge in [0, 0.05) is 19.4 Å². The number of unbranched alkanes of at least 4 members (excludes halogenated alkanes) is 41. The van der Waals surface area contributed by atoms with Crippen LogP contribution in [0.2, 0.25) is 0 Å². The molecule has 398 valence electrons. The van der Waals surface area contributed by atoms with E-state index in [1.165, 1.54) is 244 Å². The second-order valence-electron chi connectivity index (χ2n) is 19.9. The minimum Gasteiger partial charge on any atom is -0.462 e. The van der Waals surface area contributed by atoms with Crippen LogP contribution in [0.1, 0.15) is 309 Å². The quantitative estimate of drug-likeness (QED) is 0.0264. The summed E-state index contributed by atoms with van der Waals surface area (Å²) in [5, 5.41) is 0. The number of carbonyl (C=O) groups excluding carboxylic acids is 2. The molecule has 9 nitrogen and oxygen atoms in total. The molecule has 0 aromatic carbocycles. The molecular formula is C57H112NO8P. The molecule has 0 aliphatic carbocycles. The number of phosphoric ester groups is 1. The summed E-state index contributed by atoms with van der Waals surface area (Å²) in [4.78, 5) is 35.0. The Hall–Kier alpha value is -1.25. The van der Waals surface area contributed by atoms with Crippen molar-refractivity contribution in [2.24, 2.45) is 5.73 Å². The van der Waals surface area contributed by atoms with Crippen molar-refractivity contribution in [1.82, 2.24) is 0 Å². The molecular weight excluding hydrogens is 858 g/mol. The van der Waals surface area contributed by atoms with E-state index in [9.17, 15) is 19.0 Å². The maximum atomic E-state index is 12.7. The van der Waals surface area contributed by atoms with Gasteiger partial charge in [-0.1, -0.05) is 270 Å². The van der Waals surface area contributed by atoms with Gasteiger partial charge in [0.1, 0.15) is 6.61 Å². The second kappa shape index (κ2) is 54.1. The average molecular weight is 970 g/mol. The number of nitrogens with two attached hydrogens (primary N) is 1. The summed E-state index contributed by atoms with van der Waals surface area (Å²) in [6.45, 7) is 3.78. The summed E-state index contributed by atoms with van der Waals surface area (Å²) in [6, 6.07) is 0. The molecule has 67 heavy (non-hydrogen) atoms. The highest BCUT2D eigenvalue weighted by molar-refractivity contribution is 7.47. The zero-order chi connectivity index (χ0) is 48.8. The van der Waals surface area contributed by atoms with Crippen molar-refractivity contribution < 1.29 is 37.6 Å². The Morgan fingerprint density at radius 2 is 0.731 bits per heavy atom. The number of allylic oxidation sites excluding steroid dienone is 2. The summed E-state index contributed by atoms with van der Waals surface area (Å²) in [5.41, 5.74) is 5.37. The number of esters is 2. The molecule has 0 aromatic heterocycles. The summed E-state index contributed by atoms with van der Waals surface area (Å²) in [5.74, 6) is -0.811. The molecule has 0 radical (unpaired) electrons. The van der Waals surface area contributed by atoms with Gasteiger partial charge in [0.25, 0.3) is 0 Å². The SMILES string of the molecule is CCCCCCCCCC/C=C\CCCCCCCCCCCCCCCCCCCCCCCCCC(=O)OC(COC(=O)CCCCCCCCCCCCC)COP(=O)(O)OCCN. The first-order chi connectivity index (χ1) is 32.8. The van der Waals surface area contributed by atoms with Crippen LogP contribution in [0.3, 0.4) is 0 Å². The smallest absolute Gasteiger partial charge is 0.462 e. The highest BCUT2D eigenvalue weighted by atomic mass is 31.2. The number of ether oxygens (including phenoxy) is 2. The first-order valence-electron chi connectivity index (χ1n) is 29.2. The molecule has 0 heterocycles. The minimum absolute atomic E-state index is 0.0575. The predicted octanol–water partition coefficient (Wildman–Crippen LogP) is 18.1. The fourth-order valence-corrected chi connectivity index (χ4v) is 9.58. The lowest BCUT2D eigenvalue weighted by Crippen LogP contribution is -2.29. The van der Waals surface area contributed by atoms with Crippen molar-refractivity contribution in [3.8, 4) is 0 Å². The summed E-state index contributed by atoms with van der Waals surface area (Å²) >= 11 is 0.